The van der Waals surface area contributed by atoms with E-state index in [4.69, 9.17) is 18.0 Å². The molecule has 7 heteroatoms. The number of aromatic nitrogens is 2. The van der Waals surface area contributed by atoms with Crippen molar-refractivity contribution in [3.63, 3.8) is 0 Å². The van der Waals surface area contributed by atoms with E-state index in [1.165, 1.54) is 6.21 Å². The maximum absolute atomic E-state index is 12.1. The van der Waals surface area contributed by atoms with Gasteiger partial charge in [-0.05, 0) is 38.4 Å². The summed E-state index contributed by atoms with van der Waals surface area (Å²) >= 11 is 5.14. The molecule has 0 spiro atoms. The summed E-state index contributed by atoms with van der Waals surface area (Å²) in [5.74, 6) is -0.128. The molecule has 0 bridgehead atoms. The van der Waals surface area contributed by atoms with Gasteiger partial charge in [-0.1, -0.05) is 19.8 Å². The first-order valence-electron chi connectivity index (χ1n) is 7.82. The lowest BCUT2D eigenvalue weighted by Gasteiger charge is -2.25. The van der Waals surface area contributed by atoms with Gasteiger partial charge in [-0.3, -0.25) is 19.3 Å². The molecule has 0 unspecified atom stereocenters. The van der Waals surface area contributed by atoms with Crippen LogP contribution in [0.4, 0.5) is 0 Å². The van der Waals surface area contributed by atoms with Crippen LogP contribution in [0.15, 0.2) is 9.79 Å². The molecule has 6 nitrogen and oxygen atoms in total. The summed E-state index contributed by atoms with van der Waals surface area (Å²) in [6, 6.07) is 0.0207. The fraction of sp³-hybridized carbons (Fsp3) is 0.667. The Kier molecular flexibility index (Phi) is 5.52. The van der Waals surface area contributed by atoms with Gasteiger partial charge in [0, 0.05) is 18.3 Å². The number of aromatic hydroxyl groups is 1. The molecule has 3 atom stereocenters. The number of nitrogens with two attached hydrogens (primary N) is 1. The van der Waals surface area contributed by atoms with Crippen LogP contribution < -0.4 is 11.3 Å². The van der Waals surface area contributed by atoms with Crippen LogP contribution in [-0.4, -0.2) is 33.0 Å². The summed E-state index contributed by atoms with van der Waals surface area (Å²) in [7, 11) is 0. The lowest BCUT2D eigenvalue weighted by molar-refractivity contribution is 0.370. The fourth-order valence-corrected chi connectivity index (χ4v) is 3.11. The Labute approximate surface area is 135 Å². The zero-order valence-corrected chi connectivity index (χ0v) is 13.9. The zero-order chi connectivity index (χ0) is 16.3. The van der Waals surface area contributed by atoms with Gasteiger partial charge in [-0.25, -0.2) is 0 Å². The van der Waals surface area contributed by atoms with Crippen molar-refractivity contribution in [1.29, 1.82) is 0 Å². The molecular formula is C15H24N4O2S. The molecule has 122 valence electrons. The van der Waals surface area contributed by atoms with Crippen molar-refractivity contribution >= 4 is 18.4 Å². The fourth-order valence-electron chi connectivity index (χ4n) is 2.76. The number of rotatable bonds is 4. The van der Waals surface area contributed by atoms with E-state index in [0.717, 1.165) is 32.1 Å². The number of H-pyrrole nitrogens is 1. The third-order valence-corrected chi connectivity index (χ3v) is 4.66. The molecule has 1 aliphatic carbocycles. The lowest BCUT2D eigenvalue weighted by Crippen LogP contribution is -2.36. The minimum absolute atomic E-state index is 0.00608. The van der Waals surface area contributed by atoms with Gasteiger partial charge in [-0.15, -0.1) is 0 Å². The molecule has 1 saturated carbocycles. The second-order valence-electron chi connectivity index (χ2n) is 5.92. The first kappa shape index (κ1) is 16.9. The normalized spacial score (nSPS) is 23.8. The Morgan fingerprint density at radius 1 is 1.55 bits per heavy atom. The van der Waals surface area contributed by atoms with Crippen LogP contribution in [0.5, 0.6) is 5.88 Å². The van der Waals surface area contributed by atoms with Gasteiger partial charge in [0.05, 0.1) is 6.04 Å². The van der Waals surface area contributed by atoms with E-state index in [-0.39, 0.29) is 34.3 Å². The Morgan fingerprint density at radius 2 is 2.23 bits per heavy atom. The minimum Gasteiger partial charge on any atom is -0.494 e. The maximum Gasteiger partial charge on any atom is 0.264 e. The number of aromatic amines is 1. The number of hydrogen-bond donors (Lipinski definition) is 3. The monoisotopic (exact) mass is 324 g/mol. The number of hydrogen-bond acceptors (Lipinski definition) is 5. The molecule has 1 aromatic rings. The Bertz CT molecular complexity index is 664. The van der Waals surface area contributed by atoms with Crippen molar-refractivity contribution in [2.24, 2.45) is 10.7 Å². The highest BCUT2D eigenvalue weighted by Gasteiger charge is 2.21. The van der Waals surface area contributed by atoms with Crippen LogP contribution in [0.2, 0.25) is 0 Å². The Morgan fingerprint density at radius 3 is 2.86 bits per heavy atom. The van der Waals surface area contributed by atoms with E-state index in [1.807, 2.05) is 13.8 Å². The van der Waals surface area contributed by atoms with E-state index in [9.17, 15) is 9.90 Å². The van der Waals surface area contributed by atoms with Crippen molar-refractivity contribution in [2.45, 2.75) is 64.1 Å². The lowest BCUT2D eigenvalue weighted by atomic mass is 9.91. The van der Waals surface area contributed by atoms with Gasteiger partial charge in [0.2, 0.25) is 5.88 Å². The number of aliphatic imine (C=N–C) groups is 1. The van der Waals surface area contributed by atoms with Crippen LogP contribution >= 0.6 is 12.2 Å². The summed E-state index contributed by atoms with van der Waals surface area (Å²) in [5, 5.41) is 10.4. The van der Waals surface area contributed by atoms with Crippen molar-refractivity contribution in [1.82, 2.24) is 9.55 Å². The molecule has 22 heavy (non-hydrogen) atoms. The van der Waals surface area contributed by atoms with Gasteiger partial charge in [0.15, 0.2) is 4.77 Å². The van der Waals surface area contributed by atoms with E-state index >= 15 is 0 Å². The molecule has 1 fully saturated rings. The molecule has 2 rings (SSSR count). The predicted octanol–water partition coefficient (Wildman–Crippen LogP) is 2.27. The van der Waals surface area contributed by atoms with Crippen LogP contribution in [0.25, 0.3) is 0 Å². The molecule has 1 heterocycles. The van der Waals surface area contributed by atoms with Gasteiger partial charge in [-0.2, -0.15) is 0 Å². The topological polar surface area (TPSA) is 96.4 Å². The van der Waals surface area contributed by atoms with Crippen LogP contribution in [0, 0.1) is 4.77 Å². The average molecular weight is 324 g/mol. The second-order valence-corrected chi connectivity index (χ2v) is 6.30. The summed E-state index contributed by atoms with van der Waals surface area (Å²) in [6.45, 7) is 3.93. The quantitative estimate of drug-likeness (QED) is 0.585. The van der Waals surface area contributed by atoms with Crippen molar-refractivity contribution in [3.8, 4) is 5.88 Å². The standard InChI is InChI=1S/C15H24N4O2S/c1-3-9(2)19-14(21)10(13(20)18-15(19)22)8-17-12-7-5-4-6-11(12)16/h8-9,11-12,21H,3-7,16H2,1-2H3,(H,18,20,22)/t9-,11+,12-/m0/s1. The first-order chi connectivity index (χ1) is 10.5. The summed E-state index contributed by atoms with van der Waals surface area (Å²) in [6.07, 6.45) is 6.31. The van der Waals surface area contributed by atoms with Gasteiger partial charge in [0.1, 0.15) is 5.56 Å². The van der Waals surface area contributed by atoms with Gasteiger partial charge < -0.3 is 10.8 Å². The summed E-state index contributed by atoms with van der Waals surface area (Å²) in [4.78, 5) is 19.1. The Balaban J connectivity index is 2.38. The molecule has 1 aromatic heterocycles. The Hall–Kier alpha value is -1.47. The van der Waals surface area contributed by atoms with Gasteiger partial charge >= 0.3 is 0 Å². The van der Waals surface area contributed by atoms with Crippen LogP contribution in [0.3, 0.4) is 0 Å². The smallest absolute Gasteiger partial charge is 0.264 e. The highest BCUT2D eigenvalue weighted by molar-refractivity contribution is 7.71. The molecule has 0 aliphatic heterocycles. The summed E-state index contributed by atoms with van der Waals surface area (Å²) < 4.78 is 1.78. The van der Waals surface area contributed by atoms with E-state index < -0.39 is 5.56 Å². The second kappa shape index (κ2) is 7.19. The van der Waals surface area contributed by atoms with E-state index in [2.05, 4.69) is 9.98 Å². The van der Waals surface area contributed by atoms with Gasteiger partial charge in [0.25, 0.3) is 5.56 Å². The third-order valence-electron chi connectivity index (χ3n) is 4.36. The first-order valence-corrected chi connectivity index (χ1v) is 8.23. The van der Waals surface area contributed by atoms with Crippen molar-refractivity contribution < 1.29 is 5.11 Å². The highest BCUT2D eigenvalue weighted by Crippen LogP contribution is 2.22. The average Bonchev–Trinajstić information content (AvgIpc) is 2.48. The van der Waals surface area contributed by atoms with Crippen LogP contribution in [0.1, 0.15) is 57.6 Å². The third kappa shape index (κ3) is 3.47. The van der Waals surface area contributed by atoms with Crippen LogP contribution in [-0.2, 0) is 0 Å². The van der Waals surface area contributed by atoms with E-state index in [0.29, 0.717) is 0 Å². The molecule has 0 amide bonds. The molecule has 0 aromatic carbocycles. The molecule has 0 radical (unpaired) electrons. The molecule has 4 N–H and O–H groups in total. The highest BCUT2D eigenvalue weighted by atomic mass is 32.1. The number of nitrogens with one attached hydrogen (secondary N) is 1. The predicted molar refractivity (Wildman–Crippen MR) is 90.4 cm³/mol. The molecule has 1 aliphatic rings. The molecular weight excluding hydrogens is 300 g/mol. The van der Waals surface area contributed by atoms with Crippen molar-refractivity contribution in [2.75, 3.05) is 0 Å². The molecule has 0 saturated heterocycles. The van der Waals surface area contributed by atoms with E-state index in [1.54, 1.807) is 4.57 Å². The zero-order valence-electron chi connectivity index (χ0n) is 13.1. The maximum atomic E-state index is 12.1. The largest absolute Gasteiger partial charge is 0.494 e. The number of nitrogens with zero attached hydrogens (tertiary/aromatic N) is 2. The minimum atomic E-state index is -0.421. The SMILES string of the molecule is CC[C@H](C)n1c(O)c(C=N[C@H]2CCCC[C@H]2N)c(=O)[nH]c1=S. The summed E-state index contributed by atoms with van der Waals surface area (Å²) in [5.41, 5.74) is 5.78. The van der Waals surface area contributed by atoms with Crippen molar-refractivity contribution in [3.05, 3.63) is 20.7 Å².